The van der Waals surface area contributed by atoms with Gasteiger partial charge < -0.3 is 9.47 Å². The molecule has 0 aliphatic carbocycles. The topological polar surface area (TPSA) is 65.5 Å². The fourth-order valence-electron chi connectivity index (χ4n) is 2.94. The molecule has 0 aliphatic heterocycles. The maximum atomic E-state index is 12.6. The molecule has 0 aliphatic rings. The minimum atomic E-state index is -0.423. The average Bonchev–Trinajstić information content (AvgIpc) is 2.70. The van der Waals surface area contributed by atoms with Crippen LogP contribution in [0.2, 0.25) is 0 Å². The fraction of sp³-hybridized carbons (Fsp3) is 0.261. The highest BCUT2D eigenvalue weighted by atomic mass is 16.5. The van der Waals surface area contributed by atoms with E-state index >= 15 is 0 Å². The lowest BCUT2D eigenvalue weighted by molar-refractivity contribution is -0.144. The zero-order valence-corrected chi connectivity index (χ0v) is 16.1. The van der Waals surface area contributed by atoms with Crippen molar-refractivity contribution in [2.45, 2.75) is 39.4 Å². The third-order valence-corrected chi connectivity index (χ3v) is 4.26. The van der Waals surface area contributed by atoms with Crippen LogP contribution in [0.3, 0.4) is 0 Å². The summed E-state index contributed by atoms with van der Waals surface area (Å²) in [7, 11) is 0. The van der Waals surface area contributed by atoms with E-state index in [1.54, 1.807) is 24.5 Å². The van der Waals surface area contributed by atoms with Gasteiger partial charge >= 0.3 is 5.97 Å². The second-order valence-electron chi connectivity index (χ2n) is 6.76. The number of hydrogen-bond donors (Lipinski definition) is 0. The molecular weight excluding hydrogens is 354 g/mol. The molecule has 3 aromatic rings. The summed E-state index contributed by atoms with van der Waals surface area (Å²) >= 11 is 0. The molecule has 5 nitrogen and oxygen atoms in total. The van der Waals surface area contributed by atoms with Crippen molar-refractivity contribution in [3.8, 4) is 5.75 Å². The Morgan fingerprint density at radius 3 is 2.61 bits per heavy atom. The normalized spacial score (nSPS) is 10.8. The predicted octanol–water partition coefficient (Wildman–Crippen LogP) is 4.73. The van der Waals surface area contributed by atoms with Gasteiger partial charge in [-0.2, -0.15) is 0 Å². The van der Waals surface area contributed by atoms with Crippen molar-refractivity contribution in [1.29, 1.82) is 0 Å². The molecule has 5 heteroatoms. The van der Waals surface area contributed by atoms with E-state index in [4.69, 9.17) is 9.47 Å². The largest absolute Gasteiger partial charge is 0.490 e. The molecule has 0 fully saturated rings. The number of aromatic nitrogens is 1. The highest BCUT2D eigenvalue weighted by Gasteiger charge is 2.14. The molecule has 0 radical (unpaired) electrons. The monoisotopic (exact) mass is 377 g/mol. The number of Topliss-reactive ketones (excluding diaryl/α,β-unsaturated/α-hetero) is 1. The molecule has 28 heavy (non-hydrogen) atoms. The number of esters is 1. The van der Waals surface area contributed by atoms with Crippen LogP contribution in [0.25, 0.3) is 10.8 Å². The summed E-state index contributed by atoms with van der Waals surface area (Å²) in [6.45, 7) is 3.92. The molecule has 1 aromatic heterocycles. The molecule has 0 saturated carbocycles. The summed E-state index contributed by atoms with van der Waals surface area (Å²) in [5.74, 6) is 0.150. The van der Waals surface area contributed by atoms with Crippen LogP contribution in [-0.4, -0.2) is 22.8 Å². The lowest BCUT2D eigenvalue weighted by Gasteiger charge is -2.13. The van der Waals surface area contributed by atoms with Gasteiger partial charge in [-0.1, -0.05) is 42.5 Å². The first-order valence-corrected chi connectivity index (χ1v) is 9.30. The molecule has 0 unspecified atom stereocenters. The summed E-state index contributed by atoms with van der Waals surface area (Å²) < 4.78 is 11.0. The lowest BCUT2D eigenvalue weighted by atomic mass is 9.99. The number of hydrogen-bond acceptors (Lipinski definition) is 5. The van der Waals surface area contributed by atoms with E-state index in [1.165, 1.54) is 0 Å². The van der Waals surface area contributed by atoms with Gasteiger partial charge in [-0.05, 0) is 30.7 Å². The van der Waals surface area contributed by atoms with Crippen LogP contribution < -0.4 is 4.74 Å². The van der Waals surface area contributed by atoms with E-state index in [1.807, 2.05) is 50.2 Å². The first kappa shape index (κ1) is 19.5. The number of rotatable bonds is 8. The molecule has 0 bridgehead atoms. The van der Waals surface area contributed by atoms with Gasteiger partial charge in [0, 0.05) is 29.9 Å². The van der Waals surface area contributed by atoms with Crippen molar-refractivity contribution in [1.82, 2.24) is 4.98 Å². The van der Waals surface area contributed by atoms with Crippen LogP contribution >= 0.6 is 0 Å². The number of ether oxygens (including phenoxy) is 2. The Kier molecular flexibility index (Phi) is 6.37. The predicted molar refractivity (Wildman–Crippen MR) is 107 cm³/mol. The number of ketones is 1. The highest BCUT2D eigenvalue weighted by molar-refractivity contribution is 6.08. The summed E-state index contributed by atoms with van der Waals surface area (Å²) in [5, 5.41) is 1.90. The van der Waals surface area contributed by atoms with Gasteiger partial charge in [-0.15, -0.1) is 0 Å². The Morgan fingerprint density at radius 2 is 1.79 bits per heavy atom. The Morgan fingerprint density at radius 1 is 1.00 bits per heavy atom. The Bertz CT molecular complexity index is 976. The van der Waals surface area contributed by atoms with Crippen LogP contribution in [0.4, 0.5) is 0 Å². The van der Waals surface area contributed by atoms with Gasteiger partial charge in [0.05, 0.1) is 12.5 Å². The number of nitrogens with zero attached hydrogens (tertiary/aromatic N) is 1. The second kappa shape index (κ2) is 9.13. The molecule has 3 rings (SSSR count). The fourth-order valence-corrected chi connectivity index (χ4v) is 2.94. The van der Waals surface area contributed by atoms with E-state index in [0.717, 1.165) is 10.8 Å². The van der Waals surface area contributed by atoms with Crippen molar-refractivity contribution >= 4 is 22.5 Å². The van der Waals surface area contributed by atoms with E-state index in [0.29, 0.717) is 16.9 Å². The smallest absolute Gasteiger partial charge is 0.306 e. The van der Waals surface area contributed by atoms with E-state index < -0.39 is 5.97 Å². The van der Waals surface area contributed by atoms with Gasteiger partial charge in [-0.3, -0.25) is 14.6 Å². The van der Waals surface area contributed by atoms with Crippen molar-refractivity contribution in [3.05, 3.63) is 72.1 Å². The van der Waals surface area contributed by atoms with Crippen molar-refractivity contribution in [3.63, 3.8) is 0 Å². The number of fused-ring (bicyclic) bond motifs is 1. The molecular formula is C23H23NO4. The summed E-state index contributed by atoms with van der Waals surface area (Å²) in [4.78, 5) is 28.7. The van der Waals surface area contributed by atoms with Crippen LogP contribution in [0.1, 0.15) is 42.6 Å². The molecule has 0 amide bonds. The maximum Gasteiger partial charge on any atom is 0.306 e. The Labute approximate surface area is 164 Å². The summed E-state index contributed by atoms with van der Waals surface area (Å²) in [6, 6.07) is 15.1. The van der Waals surface area contributed by atoms with Crippen LogP contribution in [-0.2, 0) is 16.1 Å². The third-order valence-electron chi connectivity index (χ3n) is 4.26. The minimum Gasteiger partial charge on any atom is -0.490 e. The Hall–Kier alpha value is -3.21. The first-order chi connectivity index (χ1) is 13.5. The van der Waals surface area contributed by atoms with E-state index in [9.17, 15) is 9.59 Å². The molecule has 144 valence electrons. The number of pyridine rings is 1. The van der Waals surface area contributed by atoms with Crippen molar-refractivity contribution in [2.75, 3.05) is 0 Å². The minimum absolute atomic E-state index is 0.00942. The first-order valence-electron chi connectivity index (χ1n) is 9.30. The van der Waals surface area contributed by atoms with Gasteiger partial charge in [0.25, 0.3) is 0 Å². The van der Waals surface area contributed by atoms with Crippen LogP contribution in [0, 0.1) is 0 Å². The molecule has 2 aromatic carbocycles. The van der Waals surface area contributed by atoms with Crippen molar-refractivity contribution in [2.24, 2.45) is 0 Å². The van der Waals surface area contributed by atoms with Crippen LogP contribution in [0.5, 0.6) is 5.75 Å². The average molecular weight is 377 g/mol. The molecule has 0 spiro atoms. The number of benzene rings is 2. The maximum absolute atomic E-state index is 12.6. The van der Waals surface area contributed by atoms with Gasteiger partial charge in [0.2, 0.25) is 0 Å². The zero-order valence-electron chi connectivity index (χ0n) is 16.1. The van der Waals surface area contributed by atoms with Gasteiger partial charge in [-0.25, -0.2) is 0 Å². The van der Waals surface area contributed by atoms with Gasteiger partial charge in [0.1, 0.15) is 12.4 Å². The second-order valence-corrected chi connectivity index (χ2v) is 6.76. The zero-order chi connectivity index (χ0) is 19.9. The number of carbonyl (C=O) groups is 2. The van der Waals surface area contributed by atoms with Gasteiger partial charge in [0.15, 0.2) is 5.78 Å². The quantitative estimate of drug-likeness (QED) is 0.419. The highest BCUT2D eigenvalue weighted by Crippen LogP contribution is 2.21. The molecule has 0 saturated heterocycles. The number of carbonyl (C=O) groups excluding carboxylic acids is 2. The molecule has 1 heterocycles. The van der Waals surface area contributed by atoms with E-state index in [-0.39, 0.29) is 31.3 Å². The van der Waals surface area contributed by atoms with Crippen LogP contribution in [0.15, 0.2) is 60.9 Å². The lowest BCUT2D eigenvalue weighted by Crippen LogP contribution is -2.11. The molecule has 0 atom stereocenters. The molecule has 0 N–H and O–H groups in total. The third kappa shape index (κ3) is 4.94. The Balaban J connectivity index is 1.57. The SMILES string of the molecule is CC(C)Oc1ccncc1COC(=O)CCC(=O)c1cccc2ccccc12. The van der Waals surface area contributed by atoms with Crippen molar-refractivity contribution < 1.29 is 19.1 Å². The van der Waals surface area contributed by atoms with E-state index in [2.05, 4.69) is 4.98 Å². The standard InChI is InChI=1S/C23H23NO4/c1-16(2)28-22-12-13-24-14-18(22)15-27-23(26)11-10-21(25)20-9-5-7-17-6-3-4-8-19(17)20/h3-9,12-14,16H,10-11,15H2,1-2H3. The summed E-state index contributed by atoms with van der Waals surface area (Å²) in [5.41, 5.74) is 1.33. The summed E-state index contributed by atoms with van der Waals surface area (Å²) in [6.07, 6.45) is 3.39.